The van der Waals surface area contributed by atoms with Gasteiger partial charge in [-0.1, -0.05) is 0 Å². The second kappa shape index (κ2) is 8.60. The van der Waals surface area contributed by atoms with Gasteiger partial charge in [-0.05, 0) is 36.4 Å². The summed E-state index contributed by atoms with van der Waals surface area (Å²) in [5, 5.41) is 2.73. The molecule has 0 fully saturated rings. The van der Waals surface area contributed by atoms with Crippen molar-refractivity contribution in [2.24, 2.45) is 0 Å². The Bertz CT molecular complexity index is 1180. The van der Waals surface area contributed by atoms with E-state index in [0.29, 0.717) is 17.1 Å². The summed E-state index contributed by atoms with van der Waals surface area (Å²) >= 11 is 1.32. The van der Waals surface area contributed by atoms with E-state index in [2.05, 4.69) is 25.3 Å². The number of carbonyl (C=O) groups excluding carboxylic acids is 1. The maximum atomic E-state index is 12.6. The average Bonchev–Trinajstić information content (AvgIpc) is 3.23. The fourth-order valence-corrected chi connectivity index (χ4v) is 3.74. The zero-order chi connectivity index (χ0) is 21.8. The van der Waals surface area contributed by atoms with Gasteiger partial charge in [-0.25, -0.2) is 4.98 Å². The van der Waals surface area contributed by atoms with Gasteiger partial charge in [0.1, 0.15) is 11.5 Å². The average molecular weight is 441 g/mol. The molecule has 0 saturated carbocycles. The third-order valence-electron chi connectivity index (χ3n) is 4.22. The number of anilines is 1. The minimum Gasteiger partial charge on any atom is -0.310 e. The molecule has 4 aromatic heterocycles. The highest BCUT2D eigenvalue weighted by Gasteiger charge is 2.32. The lowest BCUT2D eigenvalue weighted by atomic mass is 10.2. The van der Waals surface area contributed by atoms with Gasteiger partial charge in [0.2, 0.25) is 5.91 Å². The van der Waals surface area contributed by atoms with Crippen molar-refractivity contribution in [1.29, 1.82) is 0 Å². The van der Waals surface area contributed by atoms with Crippen LogP contribution in [0.4, 0.5) is 19.0 Å². The van der Waals surface area contributed by atoms with Crippen molar-refractivity contribution in [3.8, 4) is 21.7 Å². The van der Waals surface area contributed by atoms with Gasteiger partial charge in [0.05, 0.1) is 18.3 Å². The minimum atomic E-state index is -4.47. The van der Waals surface area contributed by atoms with E-state index >= 15 is 0 Å². The first kappa shape index (κ1) is 20.6. The Hall–Kier alpha value is -3.66. The van der Waals surface area contributed by atoms with Crippen LogP contribution in [0.25, 0.3) is 21.7 Å². The second-order valence-electron chi connectivity index (χ2n) is 6.44. The summed E-state index contributed by atoms with van der Waals surface area (Å²) in [6.45, 7) is 0. The zero-order valence-electron chi connectivity index (χ0n) is 15.8. The molecule has 1 N–H and O–H groups in total. The lowest BCUT2D eigenvalue weighted by molar-refractivity contribution is -0.141. The van der Waals surface area contributed by atoms with E-state index in [-0.39, 0.29) is 12.3 Å². The van der Waals surface area contributed by atoms with Gasteiger partial charge < -0.3 is 5.32 Å². The van der Waals surface area contributed by atoms with Crippen molar-refractivity contribution in [1.82, 2.24) is 19.9 Å². The van der Waals surface area contributed by atoms with Crippen LogP contribution in [0, 0.1) is 0 Å². The molecular formula is C21H14F3N5OS. The van der Waals surface area contributed by atoms with Crippen LogP contribution in [-0.4, -0.2) is 25.8 Å². The second-order valence-corrected chi connectivity index (χ2v) is 7.61. The van der Waals surface area contributed by atoms with Crippen molar-refractivity contribution < 1.29 is 18.0 Å². The van der Waals surface area contributed by atoms with E-state index < -0.39 is 11.9 Å². The molecule has 0 atom stereocenters. The van der Waals surface area contributed by atoms with Gasteiger partial charge in [-0.15, -0.1) is 11.3 Å². The molecule has 10 heteroatoms. The van der Waals surface area contributed by atoms with Crippen LogP contribution in [0.15, 0.2) is 67.4 Å². The SMILES string of the molecule is O=C(Cc1ccc(-c2ccc(C(F)(F)F)nc2)s1)Nc1ccc(-c2cnccn2)cn1. The van der Waals surface area contributed by atoms with E-state index in [4.69, 9.17) is 0 Å². The molecule has 0 unspecified atom stereocenters. The molecule has 0 radical (unpaired) electrons. The largest absolute Gasteiger partial charge is 0.433 e. The number of thiophene rings is 1. The topological polar surface area (TPSA) is 80.7 Å². The van der Waals surface area contributed by atoms with Crippen LogP contribution in [0.3, 0.4) is 0 Å². The third-order valence-corrected chi connectivity index (χ3v) is 5.36. The van der Waals surface area contributed by atoms with E-state index in [9.17, 15) is 18.0 Å². The summed E-state index contributed by atoms with van der Waals surface area (Å²) in [6, 6.07) is 9.29. The van der Waals surface area contributed by atoms with Gasteiger partial charge in [0.25, 0.3) is 0 Å². The van der Waals surface area contributed by atoms with Crippen molar-refractivity contribution in [2.75, 3.05) is 5.32 Å². The molecular weight excluding hydrogens is 427 g/mol. The molecule has 0 aliphatic rings. The number of nitrogens with one attached hydrogen (secondary N) is 1. The van der Waals surface area contributed by atoms with Gasteiger partial charge in [-0.2, -0.15) is 13.2 Å². The smallest absolute Gasteiger partial charge is 0.310 e. The summed E-state index contributed by atoms with van der Waals surface area (Å²) in [5.74, 6) is 0.153. The fourth-order valence-electron chi connectivity index (χ4n) is 2.75. The molecule has 0 saturated heterocycles. The highest BCUT2D eigenvalue weighted by Crippen LogP contribution is 2.31. The molecule has 0 aliphatic heterocycles. The van der Waals surface area contributed by atoms with Crippen LogP contribution in [0.5, 0.6) is 0 Å². The highest BCUT2D eigenvalue weighted by atomic mass is 32.1. The first-order chi connectivity index (χ1) is 14.9. The normalized spacial score (nSPS) is 11.3. The molecule has 0 aliphatic carbocycles. The molecule has 4 heterocycles. The minimum absolute atomic E-state index is 0.117. The van der Waals surface area contributed by atoms with Crippen LogP contribution >= 0.6 is 11.3 Å². The molecule has 31 heavy (non-hydrogen) atoms. The van der Waals surface area contributed by atoms with E-state index in [1.54, 1.807) is 49.1 Å². The Morgan fingerprint density at radius 1 is 0.903 bits per heavy atom. The van der Waals surface area contributed by atoms with Crippen molar-refractivity contribution in [3.05, 3.63) is 78.0 Å². The summed E-state index contributed by atoms with van der Waals surface area (Å²) < 4.78 is 37.9. The molecule has 0 aromatic carbocycles. The van der Waals surface area contributed by atoms with E-state index in [1.165, 1.54) is 23.6 Å². The number of hydrogen-bond donors (Lipinski definition) is 1. The Morgan fingerprint density at radius 2 is 1.71 bits per heavy atom. The summed E-state index contributed by atoms with van der Waals surface area (Å²) in [4.78, 5) is 29.7. The number of alkyl halides is 3. The third kappa shape index (κ3) is 5.10. The van der Waals surface area contributed by atoms with E-state index in [0.717, 1.165) is 21.4 Å². The molecule has 4 rings (SSSR count). The standard InChI is InChI=1S/C21H14F3N5OS/c22-21(23,24)18-5-1-14(11-27-18)17-4-3-15(31-17)9-20(30)29-19-6-2-13(10-28-19)16-12-25-7-8-26-16/h1-8,10-12H,9H2,(H,28,29,30). The maximum absolute atomic E-state index is 12.6. The van der Waals surface area contributed by atoms with Crippen LogP contribution in [-0.2, 0) is 17.4 Å². The summed E-state index contributed by atoms with van der Waals surface area (Å²) in [6.07, 6.45) is 3.21. The van der Waals surface area contributed by atoms with Gasteiger partial charge in [-0.3, -0.25) is 19.7 Å². The number of carbonyl (C=O) groups is 1. The number of pyridine rings is 2. The van der Waals surface area contributed by atoms with Crippen LogP contribution < -0.4 is 5.32 Å². The number of halogens is 3. The Balaban J connectivity index is 1.38. The van der Waals surface area contributed by atoms with E-state index in [1.807, 2.05) is 0 Å². The molecule has 0 spiro atoms. The van der Waals surface area contributed by atoms with Gasteiger partial charge in [0, 0.05) is 45.7 Å². The predicted molar refractivity (Wildman–Crippen MR) is 110 cm³/mol. The number of rotatable bonds is 5. The lowest BCUT2D eigenvalue weighted by Crippen LogP contribution is -2.14. The Labute approximate surface area is 178 Å². The number of nitrogens with zero attached hydrogens (tertiary/aromatic N) is 4. The predicted octanol–water partition coefficient (Wildman–Crippen LogP) is 4.86. The van der Waals surface area contributed by atoms with Crippen LogP contribution in [0.1, 0.15) is 10.6 Å². The van der Waals surface area contributed by atoms with Crippen LogP contribution in [0.2, 0.25) is 0 Å². The zero-order valence-corrected chi connectivity index (χ0v) is 16.6. The monoisotopic (exact) mass is 441 g/mol. The number of hydrogen-bond acceptors (Lipinski definition) is 6. The Morgan fingerprint density at radius 3 is 2.35 bits per heavy atom. The molecule has 0 bridgehead atoms. The van der Waals surface area contributed by atoms with Gasteiger partial charge in [0.15, 0.2) is 0 Å². The molecule has 4 aromatic rings. The van der Waals surface area contributed by atoms with Crippen molar-refractivity contribution >= 4 is 23.1 Å². The fraction of sp³-hybridized carbons (Fsp3) is 0.0952. The Kier molecular flexibility index (Phi) is 5.72. The molecule has 156 valence electrons. The summed E-state index contributed by atoms with van der Waals surface area (Å²) in [7, 11) is 0. The quantitative estimate of drug-likeness (QED) is 0.478. The van der Waals surface area contributed by atoms with Crippen molar-refractivity contribution in [3.63, 3.8) is 0 Å². The molecule has 6 nitrogen and oxygen atoms in total. The summed E-state index contributed by atoms with van der Waals surface area (Å²) in [5.41, 5.74) is 1.08. The first-order valence-corrected chi connectivity index (χ1v) is 9.85. The van der Waals surface area contributed by atoms with Gasteiger partial charge >= 0.3 is 6.18 Å². The molecule has 1 amide bonds. The lowest BCUT2D eigenvalue weighted by Gasteiger charge is -2.05. The number of amides is 1. The maximum Gasteiger partial charge on any atom is 0.433 e. The highest BCUT2D eigenvalue weighted by molar-refractivity contribution is 7.15. The number of aromatic nitrogens is 4. The first-order valence-electron chi connectivity index (χ1n) is 9.03. The van der Waals surface area contributed by atoms with Crippen molar-refractivity contribution in [2.45, 2.75) is 12.6 Å².